The fraction of sp³-hybridized carbons (Fsp3) is 0.143. The molecule has 3 rings (SSSR count). The van der Waals surface area contributed by atoms with Crippen LogP contribution in [0.4, 0.5) is 13.2 Å². The summed E-state index contributed by atoms with van der Waals surface area (Å²) in [4.78, 5) is 16.3. The lowest BCUT2D eigenvalue weighted by Crippen LogP contribution is -2.28. The first kappa shape index (κ1) is 21.8. The molecule has 1 amide bonds. The minimum absolute atomic E-state index is 0.0569. The first-order chi connectivity index (χ1) is 14.2. The Morgan fingerprint density at radius 3 is 2.50 bits per heavy atom. The second-order valence-corrected chi connectivity index (χ2v) is 7.21. The maximum atomic E-state index is 12.8. The number of nitrogens with one attached hydrogen (secondary N) is 1. The van der Waals surface area contributed by atoms with Crippen molar-refractivity contribution < 1.29 is 27.8 Å². The molecule has 0 aliphatic heterocycles. The number of aromatic nitrogens is 1. The summed E-state index contributed by atoms with van der Waals surface area (Å²) >= 11 is 3.32. The zero-order valence-corrected chi connectivity index (χ0v) is 16.9. The molecule has 0 spiro atoms. The van der Waals surface area contributed by atoms with Crippen molar-refractivity contribution in [1.82, 2.24) is 10.3 Å². The zero-order valence-electron chi connectivity index (χ0n) is 15.4. The van der Waals surface area contributed by atoms with Gasteiger partial charge in [0.05, 0.1) is 17.2 Å². The van der Waals surface area contributed by atoms with Crippen molar-refractivity contribution in [2.24, 2.45) is 0 Å². The maximum Gasteiger partial charge on any atom is 0.416 e. The molecule has 9 heteroatoms. The first-order valence-corrected chi connectivity index (χ1v) is 9.54. The Kier molecular flexibility index (Phi) is 6.73. The summed E-state index contributed by atoms with van der Waals surface area (Å²) in [7, 11) is 0. The van der Waals surface area contributed by atoms with E-state index in [9.17, 15) is 23.1 Å². The lowest BCUT2D eigenvalue weighted by molar-refractivity contribution is -0.137. The third-order valence-electron chi connectivity index (χ3n) is 4.09. The van der Waals surface area contributed by atoms with Crippen molar-refractivity contribution >= 4 is 21.8 Å². The SMILES string of the molecule is O=C(NCC(O)c1cccc(C(F)(F)F)c1)c1ccc(Oc2ccc(Br)cc2)nc1. The van der Waals surface area contributed by atoms with E-state index in [1.54, 1.807) is 12.1 Å². The van der Waals surface area contributed by atoms with E-state index in [0.717, 1.165) is 16.6 Å². The van der Waals surface area contributed by atoms with Gasteiger partial charge in [0, 0.05) is 23.3 Å². The van der Waals surface area contributed by atoms with Crippen LogP contribution in [-0.4, -0.2) is 22.5 Å². The maximum absolute atomic E-state index is 12.8. The molecule has 0 saturated heterocycles. The molecule has 1 heterocycles. The first-order valence-electron chi connectivity index (χ1n) is 8.75. The highest BCUT2D eigenvalue weighted by atomic mass is 79.9. The number of carbonyl (C=O) groups excluding carboxylic acids is 1. The summed E-state index contributed by atoms with van der Waals surface area (Å²) in [5.74, 6) is 0.341. The number of hydrogen-bond donors (Lipinski definition) is 2. The Morgan fingerprint density at radius 1 is 1.13 bits per heavy atom. The van der Waals surface area contributed by atoms with E-state index in [0.29, 0.717) is 5.75 Å². The number of nitrogens with zero attached hydrogens (tertiary/aromatic N) is 1. The second-order valence-electron chi connectivity index (χ2n) is 6.29. The van der Waals surface area contributed by atoms with Crippen molar-refractivity contribution in [3.8, 4) is 11.6 Å². The van der Waals surface area contributed by atoms with Crippen molar-refractivity contribution in [3.63, 3.8) is 0 Å². The predicted molar refractivity (Wildman–Crippen MR) is 107 cm³/mol. The number of carbonyl (C=O) groups is 1. The number of amides is 1. The molecule has 5 nitrogen and oxygen atoms in total. The Hall–Kier alpha value is -2.91. The van der Waals surface area contributed by atoms with Gasteiger partial charge in [-0.1, -0.05) is 28.1 Å². The molecule has 2 aromatic carbocycles. The van der Waals surface area contributed by atoms with E-state index >= 15 is 0 Å². The van der Waals surface area contributed by atoms with Crippen LogP contribution < -0.4 is 10.1 Å². The highest BCUT2D eigenvalue weighted by Gasteiger charge is 2.30. The van der Waals surface area contributed by atoms with Crippen LogP contribution in [0.3, 0.4) is 0 Å². The highest BCUT2D eigenvalue weighted by Crippen LogP contribution is 2.30. The number of hydrogen-bond acceptors (Lipinski definition) is 4. The van der Waals surface area contributed by atoms with Gasteiger partial charge in [-0.2, -0.15) is 13.2 Å². The highest BCUT2D eigenvalue weighted by molar-refractivity contribution is 9.10. The van der Waals surface area contributed by atoms with Crippen LogP contribution in [0.2, 0.25) is 0 Å². The van der Waals surface area contributed by atoms with Gasteiger partial charge in [0.25, 0.3) is 5.91 Å². The van der Waals surface area contributed by atoms with Gasteiger partial charge < -0.3 is 15.2 Å². The molecular formula is C21H16BrF3N2O3. The third kappa shape index (κ3) is 5.80. The zero-order chi connectivity index (χ0) is 21.7. The third-order valence-corrected chi connectivity index (χ3v) is 4.62. The fourth-order valence-corrected chi connectivity index (χ4v) is 2.79. The number of ether oxygens (including phenoxy) is 1. The molecule has 0 aliphatic rings. The molecule has 1 aromatic heterocycles. The van der Waals surface area contributed by atoms with E-state index < -0.39 is 23.8 Å². The van der Waals surface area contributed by atoms with Gasteiger partial charge in [-0.15, -0.1) is 0 Å². The fourth-order valence-electron chi connectivity index (χ4n) is 2.53. The van der Waals surface area contributed by atoms with Gasteiger partial charge in [0.2, 0.25) is 5.88 Å². The lowest BCUT2D eigenvalue weighted by atomic mass is 10.1. The Balaban J connectivity index is 1.57. The van der Waals surface area contributed by atoms with Crippen molar-refractivity contribution in [1.29, 1.82) is 0 Å². The number of alkyl halides is 3. The molecule has 0 aliphatic carbocycles. The minimum Gasteiger partial charge on any atom is -0.439 e. The number of aliphatic hydroxyl groups is 1. The molecule has 0 fully saturated rings. The van der Waals surface area contributed by atoms with Crippen molar-refractivity contribution in [2.75, 3.05) is 6.54 Å². The molecule has 2 N–H and O–H groups in total. The van der Waals surface area contributed by atoms with E-state index in [1.807, 2.05) is 12.1 Å². The number of pyridine rings is 1. The van der Waals surface area contributed by atoms with Crippen LogP contribution in [0.5, 0.6) is 11.6 Å². The van der Waals surface area contributed by atoms with Crippen LogP contribution >= 0.6 is 15.9 Å². The summed E-state index contributed by atoms with van der Waals surface area (Å²) in [6.45, 7) is -0.253. The quantitative estimate of drug-likeness (QED) is 0.513. The number of rotatable bonds is 6. The van der Waals surface area contributed by atoms with E-state index in [4.69, 9.17) is 4.74 Å². The average molecular weight is 481 g/mol. The van der Waals surface area contributed by atoms with Gasteiger partial charge in [0.15, 0.2) is 0 Å². The standard InChI is InChI=1S/C21H16BrF3N2O3/c22-16-5-7-17(8-6-16)30-19-9-4-14(11-26-19)20(29)27-12-18(28)13-2-1-3-15(10-13)21(23,24)25/h1-11,18,28H,12H2,(H,27,29). The normalized spacial score (nSPS) is 12.3. The molecule has 156 valence electrons. The summed E-state index contributed by atoms with van der Waals surface area (Å²) < 4.78 is 44.8. The number of halogens is 4. The summed E-state index contributed by atoms with van der Waals surface area (Å²) in [5.41, 5.74) is -0.591. The molecule has 1 atom stereocenters. The molecule has 0 saturated carbocycles. The smallest absolute Gasteiger partial charge is 0.416 e. The molecule has 0 radical (unpaired) electrons. The molecule has 3 aromatic rings. The van der Waals surface area contributed by atoms with Crippen molar-refractivity contribution in [3.05, 3.63) is 88.0 Å². The largest absolute Gasteiger partial charge is 0.439 e. The Bertz CT molecular complexity index is 1010. The summed E-state index contributed by atoms with van der Waals surface area (Å²) in [6, 6.07) is 14.5. The second kappa shape index (κ2) is 9.27. The van der Waals surface area contributed by atoms with Crippen LogP contribution in [0.15, 0.2) is 71.3 Å². The monoisotopic (exact) mass is 480 g/mol. The van der Waals surface area contributed by atoms with E-state index in [-0.39, 0.29) is 23.6 Å². The molecule has 0 bridgehead atoms. The van der Waals surface area contributed by atoms with Crippen LogP contribution in [0, 0.1) is 0 Å². The van der Waals surface area contributed by atoms with E-state index in [1.165, 1.54) is 30.5 Å². The van der Waals surface area contributed by atoms with Gasteiger partial charge in [0.1, 0.15) is 5.75 Å². The van der Waals surface area contributed by atoms with Gasteiger partial charge in [-0.25, -0.2) is 4.98 Å². The summed E-state index contributed by atoms with van der Waals surface area (Å²) in [6.07, 6.45) is -4.49. The minimum atomic E-state index is -4.51. The van der Waals surface area contributed by atoms with E-state index in [2.05, 4.69) is 26.2 Å². The lowest BCUT2D eigenvalue weighted by Gasteiger charge is -2.14. The van der Waals surface area contributed by atoms with Gasteiger partial charge in [-0.3, -0.25) is 4.79 Å². The molecule has 30 heavy (non-hydrogen) atoms. The Morgan fingerprint density at radius 2 is 1.87 bits per heavy atom. The van der Waals surface area contributed by atoms with Crippen LogP contribution in [0.1, 0.15) is 27.6 Å². The Labute approximate surface area is 178 Å². The average Bonchev–Trinajstić information content (AvgIpc) is 2.73. The predicted octanol–water partition coefficient (Wildman–Crippen LogP) is 5.12. The molecule has 1 unspecified atom stereocenters. The topological polar surface area (TPSA) is 71.5 Å². The van der Waals surface area contributed by atoms with Gasteiger partial charge >= 0.3 is 6.18 Å². The number of aliphatic hydroxyl groups excluding tert-OH is 1. The summed E-state index contributed by atoms with van der Waals surface area (Å²) in [5, 5.41) is 12.6. The molecular weight excluding hydrogens is 465 g/mol. The van der Waals surface area contributed by atoms with Crippen molar-refractivity contribution in [2.45, 2.75) is 12.3 Å². The van der Waals surface area contributed by atoms with Crippen LogP contribution in [-0.2, 0) is 6.18 Å². The van der Waals surface area contributed by atoms with Gasteiger partial charge in [-0.05, 0) is 48.0 Å². The van der Waals surface area contributed by atoms with Crippen LogP contribution in [0.25, 0.3) is 0 Å². The number of benzene rings is 2.